The lowest BCUT2D eigenvalue weighted by Gasteiger charge is -2.30. The van der Waals surface area contributed by atoms with Crippen molar-refractivity contribution < 1.29 is 23.1 Å². The number of aliphatic carboxylic acids is 1. The molecule has 1 unspecified atom stereocenters. The Balaban J connectivity index is 2.10. The highest BCUT2D eigenvalue weighted by molar-refractivity contribution is 7.91. The van der Waals surface area contributed by atoms with E-state index in [1.165, 1.54) is 0 Å². The monoisotopic (exact) mass is 262 g/mol. The Morgan fingerprint density at radius 2 is 2.00 bits per heavy atom. The fourth-order valence-electron chi connectivity index (χ4n) is 2.84. The van der Waals surface area contributed by atoms with Gasteiger partial charge in [0.05, 0.1) is 16.9 Å². The van der Waals surface area contributed by atoms with E-state index in [1.807, 2.05) is 0 Å². The van der Waals surface area contributed by atoms with Crippen LogP contribution >= 0.6 is 0 Å². The van der Waals surface area contributed by atoms with Crippen LogP contribution in [0.25, 0.3) is 0 Å². The quantitative estimate of drug-likeness (QED) is 0.809. The van der Waals surface area contributed by atoms with Gasteiger partial charge in [-0.2, -0.15) is 0 Å². The molecule has 0 bridgehead atoms. The molecule has 2 saturated heterocycles. The van der Waals surface area contributed by atoms with E-state index in [1.54, 1.807) is 0 Å². The molecule has 2 aliphatic rings. The first kappa shape index (κ1) is 12.8. The van der Waals surface area contributed by atoms with Gasteiger partial charge in [0.2, 0.25) is 0 Å². The lowest BCUT2D eigenvalue weighted by atomic mass is 9.76. The van der Waals surface area contributed by atoms with Crippen LogP contribution in [0, 0.1) is 11.3 Å². The molecule has 0 aromatic heterocycles. The van der Waals surface area contributed by atoms with Crippen LogP contribution in [-0.4, -0.2) is 44.2 Å². The van der Waals surface area contributed by atoms with Gasteiger partial charge < -0.3 is 9.84 Å². The predicted molar refractivity (Wildman–Crippen MR) is 61.5 cm³/mol. The molecule has 0 saturated carbocycles. The average molecular weight is 262 g/mol. The number of carbonyl (C=O) groups is 1. The molecule has 0 aliphatic carbocycles. The van der Waals surface area contributed by atoms with Crippen molar-refractivity contribution >= 4 is 15.8 Å². The maximum atomic E-state index is 11.5. The largest absolute Gasteiger partial charge is 0.481 e. The van der Waals surface area contributed by atoms with Gasteiger partial charge >= 0.3 is 5.97 Å². The summed E-state index contributed by atoms with van der Waals surface area (Å²) in [5, 5.41) is 9.33. The third-order valence-electron chi connectivity index (χ3n) is 3.86. The Morgan fingerprint density at radius 1 is 1.35 bits per heavy atom. The molecule has 1 N–H and O–H groups in total. The standard InChI is InChI=1S/C11H18O5S/c12-10(13)11(3-6-17(14,15)8-11)7-9-1-4-16-5-2-9/h9H,1-8H2,(H,12,13). The van der Waals surface area contributed by atoms with Crippen molar-refractivity contribution in [2.45, 2.75) is 25.7 Å². The molecule has 0 spiro atoms. The smallest absolute Gasteiger partial charge is 0.310 e. The van der Waals surface area contributed by atoms with E-state index in [9.17, 15) is 18.3 Å². The number of rotatable bonds is 3. The summed E-state index contributed by atoms with van der Waals surface area (Å²) in [6.07, 6.45) is 2.43. The highest BCUT2D eigenvalue weighted by atomic mass is 32.2. The molecule has 2 heterocycles. The number of hydrogen-bond donors (Lipinski definition) is 1. The molecule has 98 valence electrons. The van der Waals surface area contributed by atoms with E-state index < -0.39 is 21.2 Å². The fraction of sp³-hybridized carbons (Fsp3) is 0.909. The van der Waals surface area contributed by atoms with Gasteiger partial charge in [0, 0.05) is 13.2 Å². The normalized spacial score (nSPS) is 33.6. The van der Waals surface area contributed by atoms with Gasteiger partial charge in [-0.25, -0.2) is 8.42 Å². The summed E-state index contributed by atoms with van der Waals surface area (Å²) in [4.78, 5) is 11.4. The second-order valence-electron chi connectivity index (χ2n) is 5.19. The second-order valence-corrected chi connectivity index (χ2v) is 7.37. The Hall–Kier alpha value is -0.620. The maximum absolute atomic E-state index is 11.5. The number of carboxylic acids is 1. The van der Waals surface area contributed by atoms with Gasteiger partial charge in [-0.15, -0.1) is 0 Å². The van der Waals surface area contributed by atoms with E-state index in [-0.39, 0.29) is 23.8 Å². The first-order valence-corrected chi connectivity index (χ1v) is 7.77. The first-order valence-electron chi connectivity index (χ1n) is 5.95. The van der Waals surface area contributed by atoms with Crippen LogP contribution in [0.3, 0.4) is 0 Å². The van der Waals surface area contributed by atoms with Gasteiger partial charge in [-0.05, 0) is 31.6 Å². The van der Waals surface area contributed by atoms with Gasteiger partial charge in [0.1, 0.15) is 0 Å². The summed E-state index contributed by atoms with van der Waals surface area (Å²) >= 11 is 0. The molecule has 6 heteroatoms. The molecule has 0 amide bonds. The zero-order valence-electron chi connectivity index (χ0n) is 9.72. The van der Waals surface area contributed by atoms with E-state index in [2.05, 4.69) is 0 Å². The van der Waals surface area contributed by atoms with Crippen LogP contribution in [-0.2, 0) is 19.4 Å². The van der Waals surface area contributed by atoms with Crippen molar-refractivity contribution in [3.05, 3.63) is 0 Å². The Morgan fingerprint density at radius 3 is 2.47 bits per heavy atom. The van der Waals surface area contributed by atoms with Crippen LogP contribution in [0.1, 0.15) is 25.7 Å². The lowest BCUT2D eigenvalue weighted by molar-refractivity contribution is -0.149. The summed E-state index contributed by atoms with van der Waals surface area (Å²) in [6.45, 7) is 1.32. The molecule has 2 aliphatic heterocycles. The Labute approximate surface area is 101 Å². The summed E-state index contributed by atoms with van der Waals surface area (Å²) in [5.41, 5.74) is -1.04. The number of carboxylic acid groups (broad SMARTS) is 1. The third kappa shape index (κ3) is 2.80. The summed E-state index contributed by atoms with van der Waals surface area (Å²) in [7, 11) is -3.16. The number of ether oxygens (including phenoxy) is 1. The molecule has 0 aromatic carbocycles. The minimum atomic E-state index is -3.16. The van der Waals surface area contributed by atoms with Crippen molar-refractivity contribution in [3.8, 4) is 0 Å². The number of hydrogen-bond acceptors (Lipinski definition) is 4. The zero-order chi connectivity index (χ0) is 12.5. The first-order chi connectivity index (χ1) is 7.94. The van der Waals surface area contributed by atoms with Crippen LogP contribution in [0.2, 0.25) is 0 Å². The fourth-order valence-corrected chi connectivity index (χ4v) is 4.91. The van der Waals surface area contributed by atoms with Crippen LogP contribution in [0.4, 0.5) is 0 Å². The van der Waals surface area contributed by atoms with E-state index >= 15 is 0 Å². The highest BCUT2D eigenvalue weighted by Crippen LogP contribution is 2.40. The minimum Gasteiger partial charge on any atom is -0.481 e. The van der Waals surface area contributed by atoms with Gasteiger partial charge in [0.15, 0.2) is 9.84 Å². The Kier molecular flexibility index (Phi) is 3.45. The van der Waals surface area contributed by atoms with Gasteiger partial charge in [0.25, 0.3) is 0 Å². The minimum absolute atomic E-state index is 0.0164. The molecule has 5 nitrogen and oxygen atoms in total. The Bertz CT molecular complexity index is 396. The topological polar surface area (TPSA) is 80.7 Å². The molecular weight excluding hydrogens is 244 g/mol. The van der Waals surface area contributed by atoms with E-state index in [0.29, 0.717) is 19.6 Å². The number of sulfone groups is 1. The molecule has 1 atom stereocenters. The molecule has 2 rings (SSSR count). The third-order valence-corrected chi connectivity index (χ3v) is 5.68. The van der Waals surface area contributed by atoms with Crippen LogP contribution in [0.5, 0.6) is 0 Å². The SMILES string of the molecule is O=C(O)C1(CC2CCOCC2)CCS(=O)(=O)C1. The lowest BCUT2D eigenvalue weighted by Crippen LogP contribution is -2.35. The predicted octanol–water partition coefficient (Wildman–Crippen LogP) is 0.693. The molecule has 0 aromatic rings. The summed E-state index contributed by atoms with van der Waals surface area (Å²) in [6, 6.07) is 0. The van der Waals surface area contributed by atoms with Crippen molar-refractivity contribution in [3.63, 3.8) is 0 Å². The van der Waals surface area contributed by atoms with Crippen molar-refractivity contribution in [2.24, 2.45) is 11.3 Å². The molecule has 2 fully saturated rings. The van der Waals surface area contributed by atoms with Gasteiger partial charge in [-0.1, -0.05) is 0 Å². The summed E-state index contributed by atoms with van der Waals surface area (Å²) in [5.74, 6) is -0.840. The van der Waals surface area contributed by atoms with Crippen LogP contribution in [0.15, 0.2) is 0 Å². The van der Waals surface area contributed by atoms with Crippen LogP contribution < -0.4 is 0 Å². The molecule has 0 radical (unpaired) electrons. The highest BCUT2D eigenvalue weighted by Gasteiger charge is 2.49. The average Bonchev–Trinajstić information content (AvgIpc) is 2.57. The van der Waals surface area contributed by atoms with Crippen molar-refractivity contribution in [1.29, 1.82) is 0 Å². The van der Waals surface area contributed by atoms with E-state index in [0.717, 1.165) is 12.8 Å². The van der Waals surface area contributed by atoms with Crippen molar-refractivity contribution in [1.82, 2.24) is 0 Å². The molecule has 17 heavy (non-hydrogen) atoms. The zero-order valence-corrected chi connectivity index (χ0v) is 10.5. The second kappa shape index (κ2) is 4.57. The van der Waals surface area contributed by atoms with Gasteiger partial charge in [-0.3, -0.25) is 4.79 Å². The van der Waals surface area contributed by atoms with Crippen molar-refractivity contribution in [2.75, 3.05) is 24.7 Å². The summed E-state index contributed by atoms with van der Waals surface area (Å²) < 4.78 is 28.2. The van der Waals surface area contributed by atoms with E-state index in [4.69, 9.17) is 4.74 Å². The molecular formula is C11H18O5S. The maximum Gasteiger partial charge on any atom is 0.310 e.